The second-order valence-corrected chi connectivity index (χ2v) is 18.9. The molecule has 13 atom stereocenters. The van der Waals surface area contributed by atoms with Crippen molar-refractivity contribution in [1.82, 2.24) is 0 Å². The number of hydrogen-bond donors (Lipinski definition) is 0. The molecular weight excluding hydrogens is 548 g/mol. The topological polar surface area (TPSA) is 26.3 Å². The van der Waals surface area contributed by atoms with Gasteiger partial charge in [-0.05, 0) is 147 Å². The van der Waals surface area contributed by atoms with Gasteiger partial charge in [-0.15, -0.1) is 0 Å². The lowest BCUT2D eigenvalue weighted by Gasteiger charge is -2.61. The molecule has 0 saturated heterocycles. The molecule has 0 aliphatic heterocycles. The Morgan fingerprint density at radius 3 is 2.11 bits per heavy atom. The van der Waals surface area contributed by atoms with E-state index in [1.165, 1.54) is 89.9 Å². The van der Waals surface area contributed by atoms with Crippen LogP contribution in [0.5, 0.6) is 0 Å². The maximum Gasteiger partial charge on any atom is 0.306 e. The van der Waals surface area contributed by atoms with Crippen molar-refractivity contribution < 1.29 is 9.53 Å². The van der Waals surface area contributed by atoms with Gasteiger partial charge in [-0.3, -0.25) is 4.79 Å². The Morgan fingerprint density at radius 2 is 1.42 bits per heavy atom. The first-order chi connectivity index (χ1) is 21.4. The van der Waals surface area contributed by atoms with Gasteiger partial charge >= 0.3 is 5.97 Å². The summed E-state index contributed by atoms with van der Waals surface area (Å²) in [5, 5.41) is 0. The van der Waals surface area contributed by atoms with E-state index in [1.54, 1.807) is 0 Å². The summed E-state index contributed by atoms with van der Waals surface area (Å²) in [7, 11) is 0. The summed E-state index contributed by atoms with van der Waals surface area (Å²) in [6, 6.07) is 0. The molecule has 5 aliphatic carbocycles. The minimum absolute atomic E-state index is 0.0796. The van der Waals surface area contributed by atoms with Crippen LogP contribution in [0.4, 0.5) is 0 Å². The summed E-state index contributed by atoms with van der Waals surface area (Å²) >= 11 is 0. The van der Waals surface area contributed by atoms with Crippen LogP contribution in [0.2, 0.25) is 0 Å². The highest BCUT2D eigenvalue weighted by Crippen LogP contribution is 2.68. The molecule has 2 heteroatoms. The minimum atomic E-state index is 0.0796. The van der Waals surface area contributed by atoms with Gasteiger partial charge in [0, 0.05) is 6.42 Å². The SMILES string of the molecule is CC(C)CCCC(C)CCCC(C)CCC(=O)OC1CCC2(C)C(CCC3C2CCC2(C)C(C(C)C=CC4CC4C)CCC32)C1. The maximum absolute atomic E-state index is 13.0. The number of esters is 1. The largest absolute Gasteiger partial charge is 0.462 e. The second-order valence-electron chi connectivity index (χ2n) is 18.9. The fourth-order valence-corrected chi connectivity index (χ4v) is 11.9. The van der Waals surface area contributed by atoms with E-state index in [9.17, 15) is 4.79 Å². The van der Waals surface area contributed by atoms with Crippen LogP contribution in [0.15, 0.2) is 12.2 Å². The fourth-order valence-electron chi connectivity index (χ4n) is 11.9. The Labute approximate surface area is 280 Å². The molecule has 45 heavy (non-hydrogen) atoms. The van der Waals surface area contributed by atoms with Crippen LogP contribution < -0.4 is 0 Å². The van der Waals surface area contributed by atoms with E-state index < -0.39 is 0 Å². The Bertz CT molecular complexity index is 982. The van der Waals surface area contributed by atoms with Crippen LogP contribution in [-0.2, 0) is 9.53 Å². The fraction of sp³-hybridized carbons (Fsp3) is 0.930. The monoisotopic (exact) mass is 623 g/mol. The third kappa shape index (κ3) is 8.45. The lowest BCUT2D eigenvalue weighted by atomic mass is 9.44. The number of allylic oxidation sites excluding steroid dienone is 2. The molecule has 0 N–H and O–H groups in total. The molecule has 5 rings (SSSR count). The Balaban J connectivity index is 1.04. The van der Waals surface area contributed by atoms with E-state index in [1.807, 2.05) is 0 Å². The Hall–Kier alpha value is -0.790. The number of carbonyl (C=O) groups is 1. The van der Waals surface area contributed by atoms with Crippen LogP contribution in [0.25, 0.3) is 0 Å². The normalized spacial score (nSPS) is 41.3. The maximum atomic E-state index is 13.0. The van der Waals surface area contributed by atoms with E-state index in [4.69, 9.17) is 4.74 Å². The van der Waals surface area contributed by atoms with Crippen molar-refractivity contribution in [1.29, 1.82) is 0 Å². The van der Waals surface area contributed by atoms with Crippen LogP contribution in [0.3, 0.4) is 0 Å². The lowest BCUT2D eigenvalue weighted by Crippen LogP contribution is -2.54. The molecule has 5 saturated carbocycles. The molecule has 0 radical (unpaired) electrons. The molecular formula is C43H74O2. The van der Waals surface area contributed by atoms with Crippen molar-refractivity contribution >= 4 is 5.97 Å². The lowest BCUT2D eigenvalue weighted by molar-refractivity contribution is -0.162. The summed E-state index contributed by atoms with van der Waals surface area (Å²) in [6.45, 7) is 19.7. The third-order valence-electron chi connectivity index (χ3n) is 15.2. The molecule has 2 nitrogen and oxygen atoms in total. The van der Waals surface area contributed by atoms with Crippen molar-refractivity contribution in [2.45, 2.75) is 177 Å². The number of carbonyl (C=O) groups excluding carboxylic acids is 1. The average Bonchev–Trinajstić information content (AvgIpc) is 3.58. The molecule has 5 fully saturated rings. The highest BCUT2D eigenvalue weighted by molar-refractivity contribution is 5.69. The zero-order valence-electron chi connectivity index (χ0n) is 31.1. The van der Waals surface area contributed by atoms with Crippen molar-refractivity contribution in [3.8, 4) is 0 Å². The van der Waals surface area contributed by atoms with Gasteiger partial charge in [0.25, 0.3) is 0 Å². The van der Waals surface area contributed by atoms with Gasteiger partial charge in [-0.1, -0.05) is 106 Å². The standard InChI is InChI=1S/C43H74O2/c1-29(2)11-9-12-30(3)13-10-14-31(4)15-22-41(44)45-36-23-25-42(7)35(28-36)18-19-37-39-21-20-38(43(39,8)26-24-40(37)42)32(5)16-17-34-27-33(34)6/h16-17,29-40H,9-15,18-28H2,1-8H3. The van der Waals surface area contributed by atoms with E-state index in [-0.39, 0.29) is 12.1 Å². The van der Waals surface area contributed by atoms with E-state index in [0.29, 0.717) is 23.2 Å². The van der Waals surface area contributed by atoms with Crippen LogP contribution in [-0.4, -0.2) is 12.1 Å². The summed E-state index contributed by atoms with van der Waals surface area (Å²) in [6.07, 6.45) is 28.5. The van der Waals surface area contributed by atoms with Gasteiger partial charge in [-0.2, -0.15) is 0 Å². The third-order valence-corrected chi connectivity index (χ3v) is 15.2. The number of hydrogen-bond acceptors (Lipinski definition) is 2. The van der Waals surface area contributed by atoms with Crippen LogP contribution in [0.1, 0.15) is 171 Å². The molecule has 0 heterocycles. The number of fused-ring (bicyclic) bond motifs is 5. The first-order valence-corrected chi connectivity index (χ1v) is 20.3. The van der Waals surface area contributed by atoms with Crippen LogP contribution >= 0.6 is 0 Å². The van der Waals surface area contributed by atoms with E-state index in [2.05, 4.69) is 67.5 Å². The van der Waals surface area contributed by atoms with Gasteiger partial charge in [0.2, 0.25) is 0 Å². The molecule has 5 aliphatic rings. The molecule has 0 aromatic rings. The van der Waals surface area contributed by atoms with Crippen LogP contribution in [0, 0.1) is 75.9 Å². The molecule has 0 aromatic heterocycles. The predicted octanol–water partition coefficient (Wildman–Crippen LogP) is 12.5. The zero-order valence-corrected chi connectivity index (χ0v) is 31.1. The van der Waals surface area contributed by atoms with Gasteiger partial charge in [-0.25, -0.2) is 0 Å². The average molecular weight is 623 g/mol. The summed E-state index contributed by atoms with van der Waals surface area (Å²) < 4.78 is 6.21. The van der Waals surface area contributed by atoms with Gasteiger partial charge in [0.15, 0.2) is 0 Å². The van der Waals surface area contributed by atoms with Gasteiger partial charge < -0.3 is 4.74 Å². The highest BCUT2D eigenvalue weighted by atomic mass is 16.5. The summed E-state index contributed by atoms with van der Waals surface area (Å²) in [4.78, 5) is 13.0. The Morgan fingerprint density at radius 1 is 0.778 bits per heavy atom. The van der Waals surface area contributed by atoms with Crippen molar-refractivity contribution in [3.63, 3.8) is 0 Å². The molecule has 0 amide bonds. The molecule has 0 bridgehead atoms. The highest BCUT2D eigenvalue weighted by Gasteiger charge is 2.60. The molecule has 13 unspecified atom stereocenters. The van der Waals surface area contributed by atoms with E-state index >= 15 is 0 Å². The van der Waals surface area contributed by atoms with Gasteiger partial charge in [0.1, 0.15) is 6.10 Å². The molecule has 0 spiro atoms. The van der Waals surface area contributed by atoms with E-state index in [0.717, 1.165) is 78.4 Å². The smallest absolute Gasteiger partial charge is 0.306 e. The van der Waals surface area contributed by atoms with Gasteiger partial charge in [0.05, 0.1) is 0 Å². The first kappa shape index (κ1) is 35.5. The minimum Gasteiger partial charge on any atom is -0.462 e. The summed E-state index contributed by atoms with van der Waals surface area (Å²) in [5.74, 6) is 9.27. The molecule has 0 aromatic carbocycles. The molecule has 258 valence electrons. The van der Waals surface area contributed by atoms with Crippen molar-refractivity contribution in [3.05, 3.63) is 12.2 Å². The number of ether oxygens (including phenoxy) is 1. The summed E-state index contributed by atoms with van der Waals surface area (Å²) in [5.41, 5.74) is 0.998. The van der Waals surface area contributed by atoms with Crippen molar-refractivity contribution in [2.75, 3.05) is 0 Å². The predicted molar refractivity (Wildman–Crippen MR) is 191 cm³/mol. The Kier molecular flexibility index (Phi) is 12.0. The first-order valence-electron chi connectivity index (χ1n) is 20.3. The zero-order chi connectivity index (χ0) is 32.4. The quantitative estimate of drug-likeness (QED) is 0.134. The second kappa shape index (κ2) is 15.2. The number of rotatable bonds is 15. The van der Waals surface area contributed by atoms with Crippen molar-refractivity contribution in [2.24, 2.45) is 75.9 Å².